The van der Waals surface area contributed by atoms with Crippen LogP contribution in [-0.2, 0) is 6.61 Å². The molecule has 1 aromatic heterocycles. The number of aromatic carboxylic acids is 1. The van der Waals surface area contributed by atoms with Crippen molar-refractivity contribution in [3.63, 3.8) is 0 Å². The molecule has 18 heavy (non-hydrogen) atoms. The fourth-order valence-electron chi connectivity index (χ4n) is 1.40. The minimum atomic E-state index is -0.986. The maximum absolute atomic E-state index is 10.9. The van der Waals surface area contributed by atoms with E-state index in [-0.39, 0.29) is 11.5 Å². The molecule has 90 valence electrons. The summed E-state index contributed by atoms with van der Waals surface area (Å²) >= 11 is 1.13. The third-order valence-electron chi connectivity index (χ3n) is 2.30. The summed E-state index contributed by atoms with van der Waals surface area (Å²) < 4.78 is 5.44. The van der Waals surface area contributed by atoms with E-state index in [0.29, 0.717) is 11.3 Å². The Labute approximate surface area is 108 Å². The summed E-state index contributed by atoms with van der Waals surface area (Å²) in [6, 6.07) is 10.6. The molecule has 2 rings (SSSR count). The van der Waals surface area contributed by atoms with Gasteiger partial charge in [0.15, 0.2) is 4.88 Å². The first-order chi connectivity index (χ1) is 8.70. The molecule has 2 aromatic rings. The van der Waals surface area contributed by atoms with E-state index in [9.17, 15) is 4.79 Å². The molecule has 0 unspecified atom stereocenters. The van der Waals surface area contributed by atoms with Gasteiger partial charge in [-0.2, -0.15) is 5.26 Å². The Kier molecular flexibility index (Phi) is 3.60. The SMILES string of the molecule is N#Cc1ccc(COc2ccsc2C(=O)O)cc1. The Bertz CT molecular complexity index is 595. The van der Waals surface area contributed by atoms with E-state index in [1.54, 1.807) is 35.7 Å². The van der Waals surface area contributed by atoms with Crippen LogP contribution in [0.1, 0.15) is 20.8 Å². The number of rotatable bonds is 4. The van der Waals surface area contributed by atoms with E-state index in [4.69, 9.17) is 15.1 Å². The normalized spacial score (nSPS) is 9.72. The molecule has 0 aliphatic heterocycles. The fourth-order valence-corrected chi connectivity index (χ4v) is 2.08. The molecule has 0 spiro atoms. The van der Waals surface area contributed by atoms with Gasteiger partial charge in [-0.25, -0.2) is 4.79 Å². The molecule has 0 aliphatic carbocycles. The number of thiophene rings is 1. The summed E-state index contributed by atoms with van der Waals surface area (Å²) in [6.07, 6.45) is 0. The molecular formula is C13H9NO3S. The second kappa shape index (κ2) is 5.34. The Hall–Kier alpha value is -2.32. The van der Waals surface area contributed by atoms with Crippen molar-refractivity contribution in [3.05, 3.63) is 51.7 Å². The van der Waals surface area contributed by atoms with Gasteiger partial charge in [0, 0.05) is 0 Å². The number of hydrogen-bond acceptors (Lipinski definition) is 4. The lowest BCUT2D eigenvalue weighted by molar-refractivity contribution is 0.0697. The summed E-state index contributed by atoms with van der Waals surface area (Å²) in [5.74, 6) is -0.614. The van der Waals surface area contributed by atoms with Crippen LogP contribution in [0.3, 0.4) is 0 Å². The van der Waals surface area contributed by atoms with Gasteiger partial charge in [-0.15, -0.1) is 11.3 Å². The number of hydrogen-bond donors (Lipinski definition) is 1. The van der Waals surface area contributed by atoms with Gasteiger partial charge in [-0.3, -0.25) is 0 Å². The van der Waals surface area contributed by atoms with E-state index >= 15 is 0 Å². The summed E-state index contributed by atoms with van der Waals surface area (Å²) in [4.78, 5) is 11.1. The molecule has 1 heterocycles. The van der Waals surface area contributed by atoms with Crippen molar-refractivity contribution in [2.75, 3.05) is 0 Å². The zero-order valence-corrected chi connectivity index (χ0v) is 10.1. The minimum absolute atomic E-state index is 0.198. The zero-order chi connectivity index (χ0) is 13.0. The summed E-state index contributed by atoms with van der Waals surface area (Å²) in [7, 11) is 0. The van der Waals surface area contributed by atoms with Crippen LogP contribution in [0.15, 0.2) is 35.7 Å². The molecule has 0 fully saturated rings. The molecule has 0 aliphatic rings. The summed E-state index contributed by atoms with van der Waals surface area (Å²) in [5, 5.41) is 19.3. The van der Waals surface area contributed by atoms with Crippen LogP contribution < -0.4 is 4.74 Å². The van der Waals surface area contributed by atoms with Gasteiger partial charge in [0.1, 0.15) is 12.4 Å². The number of carboxylic acid groups (broad SMARTS) is 1. The average molecular weight is 259 g/mol. The number of nitriles is 1. The van der Waals surface area contributed by atoms with Crippen LogP contribution in [0.2, 0.25) is 0 Å². The fraction of sp³-hybridized carbons (Fsp3) is 0.0769. The van der Waals surface area contributed by atoms with E-state index in [2.05, 4.69) is 0 Å². The predicted octanol–water partition coefficient (Wildman–Crippen LogP) is 2.90. The topological polar surface area (TPSA) is 70.3 Å². The Balaban J connectivity index is 2.05. The van der Waals surface area contributed by atoms with E-state index < -0.39 is 5.97 Å². The van der Waals surface area contributed by atoms with Crippen molar-refractivity contribution >= 4 is 17.3 Å². The number of carboxylic acids is 1. The molecule has 0 amide bonds. The van der Waals surface area contributed by atoms with Crippen LogP contribution in [-0.4, -0.2) is 11.1 Å². The van der Waals surface area contributed by atoms with E-state index in [1.807, 2.05) is 6.07 Å². The average Bonchev–Trinajstić information content (AvgIpc) is 2.85. The standard InChI is InChI=1S/C13H9NO3S/c14-7-9-1-3-10(4-2-9)8-17-11-5-6-18-12(11)13(15)16/h1-6H,8H2,(H,15,16). The molecule has 4 nitrogen and oxygen atoms in total. The second-order valence-corrected chi connectivity index (χ2v) is 4.43. The lowest BCUT2D eigenvalue weighted by atomic mass is 10.2. The quantitative estimate of drug-likeness (QED) is 0.916. The van der Waals surface area contributed by atoms with Crippen LogP contribution in [0, 0.1) is 11.3 Å². The third-order valence-corrected chi connectivity index (χ3v) is 3.18. The van der Waals surface area contributed by atoms with Crippen molar-refractivity contribution in [1.29, 1.82) is 5.26 Å². The zero-order valence-electron chi connectivity index (χ0n) is 9.29. The van der Waals surface area contributed by atoms with Gasteiger partial charge >= 0.3 is 5.97 Å². The van der Waals surface area contributed by atoms with Crippen LogP contribution >= 0.6 is 11.3 Å². The van der Waals surface area contributed by atoms with Crippen LogP contribution in [0.4, 0.5) is 0 Å². The van der Waals surface area contributed by atoms with E-state index in [0.717, 1.165) is 16.9 Å². The van der Waals surface area contributed by atoms with Crippen LogP contribution in [0.25, 0.3) is 0 Å². The molecule has 0 atom stereocenters. The predicted molar refractivity (Wildman–Crippen MR) is 66.8 cm³/mol. The molecule has 0 saturated carbocycles. The number of ether oxygens (including phenoxy) is 1. The summed E-state index contributed by atoms with van der Waals surface area (Å²) in [6.45, 7) is 0.280. The Morgan fingerprint density at radius 2 is 2.06 bits per heavy atom. The number of benzene rings is 1. The van der Waals surface area contributed by atoms with Gasteiger partial charge in [-0.05, 0) is 29.1 Å². The van der Waals surface area contributed by atoms with Crippen molar-refractivity contribution in [3.8, 4) is 11.8 Å². The maximum atomic E-state index is 10.9. The smallest absolute Gasteiger partial charge is 0.349 e. The monoisotopic (exact) mass is 259 g/mol. The van der Waals surface area contributed by atoms with Gasteiger partial charge in [-0.1, -0.05) is 12.1 Å². The van der Waals surface area contributed by atoms with Gasteiger partial charge in [0.05, 0.1) is 11.6 Å². The van der Waals surface area contributed by atoms with Gasteiger partial charge < -0.3 is 9.84 Å². The maximum Gasteiger partial charge on any atom is 0.349 e. The first kappa shape index (κ1) is 12.1. The highest BCUT2D eigenvalue weighted by Gasteiger charge is 2.12. The van der Waals surface area contributed by atoms with Crippen molar-refractivity contribution in [1.82, 2.24) is 0 Å². The Morgan fingerprint density at radius 1 is 1.33 bits per heavy atom. The second-order valence-electron chi connectivity index (χ2n) is 3.52. The lowest BCUT2D eigenvalue weighted by Gasteiger charge is -2.05. The lowest BCUT2D eigenvalue weighted by Crippen LogP contribution is -2.00. The van der Waals surface area contributed by atoms with Gasteiger partial charge in [0.25, 0.3) is 0 Å². The number of nitrogens with zero attached hydrogens (tertiary/aromatic N) is 1. The highest BCUT2D eigenvalue weighted by Crippen LogP contribution is 2.25. The third kappa shape index (κ3) is 2.67. The van der Waals surface area contributed by atoms with Crippen molar-refractivity contribution in [2.45, 2.75) is 6.61 Å². The molecule has 0 radical (unpaired) electrons. The van der Waals surface area contributed by atoms with E-state index in [1.165, 1.54) is 0 Å². The highest BCUT2D eigenvalue weighted by molar-refractivity contribution is 7.12. The van der Waals surface area contributed by atoms with Crippen molar-refractivity contribution < 1.29 is 14.6 Å². The minimum Gasteiger partial charge on any atom is -0.487 e. The Morgan fingerprint density at radius 3 is 2.67 bits per heavy atom. The molecule has 0 bridgehead atoms. The van der Waals surface area contributed by atoms with Crippen molar-refractivity contribution in [2.24, 2.45) is 0 Å². The summed E-state index contributed by atoms with van der Waals surface area (Å²) in [5.41, 5.74) is 1.47. The van der Waals surface area contributed by atoms with Crippen LogP contribution in [0.5, 0.6) is 5.75 Å². The van der Waals surface area contributed by atoms with Gasteiger partial charge in [0.2, 0.25) is 0 Å². The molecule has 1 N–H and O–H groups in total. The first-order valence-corrected chi connectivity index (χ1v) is 6.01. The molecule has 5 heteroatoms. The largest absolute Gasteiger partial charge is 0.487 e. The molecular weight excluding hydrogens is 250 g/mol. The number of carbonyl (C=O) groups is 1. The first-order valence-electron chi connectivity index (χ1n) is 5.13. The highest BCUT2D eigenvalue weighted by atomic mass is 32.1. The molecule has 1 aromatic carbocycles. The molecule has 0 saturated heterocycles.